The number of amides is 3. The van der Waals surface area contributed by atoms with Gasteiger partial charge in [-0.1, -0.05) is 24.3 Å². The third-order valence-corrected chi connectivity index (χ3v) is 5.93. The number of anilines is 2. The molecule has 34 heavy (non-hydrogen) atoms. The van der Waals surface area contributed by atoms with E-state index in [0.29, 0.717) is 30.1 Å². The molecule has 3 amide bonds. The predicted octanol–water partition coefficient (Wildman–Crippen LogP) is 3.48. The fourth-order valence-corrected chi connectivity index (χ4v) is 3.96. The van der Waals surface area contributed by atoms with Gasteiger partial charge in [0.25, 0.3) is 5.91 Å². The number of carbonyl (C=O) groups is 2. The van der Waals surface area contributed by atoms with Crippen molar-refractivity contribution in [2.75, 3.05) is 38.8 Å². The van der Waals surface area contributed by atoms with E-state index in [1.807, 2.05) is 43.3 Å². The normalized spacial score (nSPS) is 11.6. The molecule has 1 unspecified atom stereocenters. The van der Waals surface area contributed by atoms with Crippen molar-refractivity contribution in [3.05, 3.63) is 70.2 Å². The summed E-state index contributed by atoms with van der Waals surface area (Å²) in [5.41, 5.74) is 8.87. The number of benzene rings is 1. The van der Waals surface area contributed by atoms with E-state index < -0.39 is 0 Å². The summed E-state index contributed by atoms with van der Waals surface area (Å²) in [6.07, 6.45) is 2.29. The van der Waals surface area contributed by atoms with Crippen molar-refractivity contribution in [3.8, 4) is 5.75 Å². The lowest BCUT2D eigenvalue weighted by Gasteiger charge is -2.21. The molecule has 1 atom stereocenters. The zero-order valence-corrected chi connectivity index (χ0v) is 20.3. The van der Waals surface area contributed by atoms with Crippen LogP contribution in [0.4, 0.5) is 16.2 Å². The number of nitrogens with two attached hydrogens (primary N) is 1. The Morgan fingerprint density at radius 3 is 2.62 bits per heavy atom. The Hall–Kier alpha value is -3.63. The maximum Gasteiger partial charge on any atom is 0.315 e. The van der Waals surface area contributed by atoms with Crippen LogP contribution in [-0.2, 0) is 6.54 Å². The molecule has 5 N–H and O–H groups in total. The van der Waals surface area contributed by atoms with Crippen LogP contribution in [0.5, 0.6) is 5.75 Å². The van der Waals surface area contributed by atoms with Gasteiger partial charge in [0.05, 0.1) is 24.5 Å². The van der Waals surface area contributed by atoms with Gasteiger partial charge in [0.15, 0.2) is 0 Å². The number of ether oxygens (including phenoxy) is 1. The summed E-state index contributed by atoms with van der Waals surface area (Å²) in [5.74, 6) is 0.373. The number of para-hydroxylation sites is 1. The fourth-order valence-electron chi connectivity index (χ4n) is 3.28. The molecule has 3 rings (SSSR count). The lowest BCUT2D eigenvalue weighted by atomic mass is 10.1. The highest BCUT2D eigenvalue weighted by molar-refractivity contribution is 7.09. The highest BCUT2D eigenvalue weighted by atomic mass is 32.1. The van der Waals surface area contributed by atoms with Gasteiger partial charge in [-0.15, -0.1) is 11.3 Å². The number of carbonyl (C=O) groups excluding carboxylic acids is 2. The Bertz CT molecular complexity index is 1100. The lowest BCUT2D eigenvalue weighted by molar-refractivity contribution is 0.102. The summed E-state index contributed by atoms with van der Waals surface area (Å²) >= 11 is 1.41. The zero-order valence-electron chi connectivity index (χ0n) is 19.5. The molecule has 2 aromatic heterocycles. The van der Waals surface area contributed by atoms with E-state index in [0.717, 1.165) is 17.7 Å². The number of hydrogen-bond donors (Lipinski definition) is 4. The van der Waals surface area contributed by atoms with Crippen molar-refractivity contribution in [1.82, 2.24) is 20.5 Å². The number of nitrogens with zero attached hydrogens (tertiary/aromatic N) is 2. The van der Waals surface area contributed by atoms with Gasteiger partial charge in [-0.3, -0.25) is 9.78 Å². The summed E-state index contributed by atoms with van der Waals surface area (Å²) in [4.78, 5) is 31.5. The Labute approximate surface area is 203 Å². The molecule has 0 fully saturated rings. The van der Waals surface area contributed by atoms with Crippen molar-refractivity contribution in [3.63, 3.8) is 0 Å². The molecule has 0 saturated heterocycles. The second-order valence-electron chi connectivity index (χ2n) is 7.96. The van der Waals surface area contributed by atoms with Gasteiger partial charge < -0.3 is 31.3 Å². The number of thiophene rings is 1. The Morgan fingerprint density at radius 2 is 1.97 bits per heavy atom. The van der Waals surface area contributed by atoms with Gasteiger partial charge in [-0.25, -0.2) is 4.79 Å². The summed E-state index contributed by atoms with van der Waals surface area (Å²) < 4.78 is 5.34. The minimum atomic E-state index is -0.344. The fraction of sp³-hybridized carbons (Fsp3) is 0.292. The molecule has 0 spiro atoms. The molecule has 180 valence electrons. The Kier molecular flexibility index (Phi) is 8.83. The molecular formula is C24H30N6O3S. The number of nitrogens with one attached hydrogen (secondary N) is 3. The highest BCUT2D eigenvalue weighted by Crippen LogP contribution is 2.24. The highest BCUT2D eigenvalue weighted by Gasteiger charge is 2.17. The smallest absolute Gasteiger partial charge is 0.315 e. The molecule has 1 aromatic carbocycles. The van der Waals surface area contributed by atoms with Crippen molar-refractivity contribution in [1.29, 1.82) is 0 Å². The van der Waals surface area contributed by atoms with Crippen molar-refractivity contribution >= 4 is 34.6 Å². The molecule has 10 heteroatoms. The average Bonchev–Trinajstić information content (AvgIpc) is 3.24. The predicted molar refractivity (Wildman–Crippen MR) is 135 cm³/mol. The minimum absolute atomic E-state index is 0.265. The van der Waals surface area contributed by atoms with Crippen molar-refractivity contribution < 1.29 is 14.3 Å². The van der Waals surface area contributed by atoms with Crippen LogP contribution in [0.2, 0.25) is 0 Å². The van der Waals surface area contributed by atoms with Crippen LogP contribution in [0.3, 0.4) is 0 Å². The number of pyridine rings is 1. The van der Waals surface area contributed by atoms with Gasteiger partial charge >= 0.3 is 6.03 Å². The molecular weight excluding hydrogens is 452 g/mol. The molecule has 0 aliphatic rings. The standard InChI is InChI=1S/C24H30N6O3S/c1-30(2)11-10-19(29-24(32)27-13-17-6-4-5-7-22(17)33-3)16-8-9-20(26-12-16)23(31)28-21-15-34-14-18(21)25/h4-9,12,14-15,19H,10-11,13,25H2,1-3H3,(H,28,31)(H2,27,29,32). The molecule has 3 aromatic rings. The second-order valence-corrected chi connectivity index (χ2v) is 8.70. The van der Waals surface area contributed by atoms with E-state index in [-0.39, 0.29) is 23.7 Å². The number of urea groups is 1. The first-order chi connectivity index (χ1) is 16.4. The zero-order chi connectivity index (χ0) is 24.5. The van der Waals surface area contributed by atoms with Gasteiger partial charge in [-0.2, -0.15) is 0 Å². The molecule has 0 saturated carbocycles. The van der Waals surface area contributed by atoms with E-state index in [4.69, 9.17) is 10.5 Å². The second kappa shape index (κ2) is 12.0. The summed E-state index contributed by atoms with van der Waals surface area (Å²) in [7, 11) is 5.55. The van der Waals surface area contributed by atoms with Crippen LogP contribution in [0, 0.1) is 0 Å². The minimum Gasteiger partial charge on any atom is -0.496 e. The third-order valence-electron chi connectivity index (χ3n) is 5.16. The van der Waals surface area contributed by atoms with Gasteiger partial charge in [0.2, 0.25) is 0 Å². The van der Waals surface area contributed by atoms with Crippen LogP contribution in [0.1, 0.15) is 34.1 Å². The average molecular weight is 483 g/mol. The van der Waals surface area contributed by atoms with Gasteiger partial charge in [0.1, 0.15) is 11.4 Å². The maximum atomic E-state index is 12.7. The SMILES string of the molecule is COc1ccccc1CNC(=O)NC(CCN(C)C)c1ccc(C(=O)Nc2cscc2N)nc1. The first kappa shape index (κ1) is 25.0. The largest absolute Gasteiger partial charge is 0.496 e. The molecule has 0 radical (unpaired) electrons. The van der Waals surface area contributed by atoms with Crippen LogP contribution in [0.25, 0.3) is 0 Å². The van der Waals surface area contributed by atoms with E-state index in [1.165, 1.54) is 11.3 Å². The maximum absolute atomic E-state index is 12.7. The van der Waals surface area contributed by atoms with Crippen molar-refractivity contribution in [2.45, 2.75) is 19.0 Å². The summed E-state index contributed by atoms with van der Waals surface area (Å²) in [6.45, 7) is 1.09. The lowest BCUT2D eigenvalue weighted by Crippen LogP contribution is -2.38. The number of methoxy groups -OCH3 is 1. The van der Waals surface area contributed by atoms with Crippen LogP contribution < -0.4 is 26.4 Å². The Balaban J connectivity index is 1.65. The third kappa shape index (κ3) is 6.93. The van der Waals surface area contributed by atoms with Crippen LogP contribution in [0.15, 0.2) is 53.4 Å². The molecule has 2 heterocycles. The van der Waals surface area contributed by atoms with Gasteiger partial charge in [-0.05, 0) is 44.8 Å². The summed E-state index contributed by atoms with van der Waals surface area (Å²) in [5, 5.41) is 12.2. The Morgan fingerprint density at radius 1 is 1.18 bits per heavy atom. The first-order valence-electron chi connectivity index (χ1n) is 10.8. The van der Waals surface area contributed by atoms with Gasteiger partial charge in [0, 0.05) is 29.1 Å². The first-order valence-corrected chi connectivity index (χ1v) is 11.7. The molecule has 0 aliphatic heterocycles. The summed E-state index contributed by atoms with van der Waals surface area (Å²) in [6, 6.07) is 10.4. The molecule has 9 nitrogen and oxygen atoms in total. The quantitative estimate of drug-likeness (QED) is 0.351. The van der Waals surface area contributed by atoms with E-state index >= 15 is 0 Å². The van der Waals surface area contributed by atoms with E-state index in [1.54, 1.807) is 36.2 Å². The van der Waals surface area contributed by atoms with Crippen molar-refractivity contribution in [2.24, 2.45) is 0 Å². The number of hydrogen-bond acceptors (Lipinski definition) is 7. The number of nitrogen functional groups attached to an aromatic ring is 1. The topological polar surface area (TPSA) is 122 Å². The molecule has 0 aliphatic carbocycles. The number of rotatable bonds is 10. The molecule has 0 bridgehead atoms. The monoisotopic (exact) mass is 482 g/mol. The van der Waals surface area contributed by atoms with Crippen LogP contribution in [-0.4, -0.2) is 49.6 Å². The van der Waals surface area contributed by atoms with E-state index in [2.05, 4.69) is 20.9 Å². The number of aromatic nitrogens is 1. The van der Waals surface area contributed by atoms with E-state index in [9.17, 15) is 9.59 Å². The van der Waals surface area contributed by atoms with Crippen LogP contribution >= 0.6 is 11.3 Å².